The van der Waals surface area contributed by atoms with Gasteiger partial charge < -0.3 is 20.7 Å². The minimum Gasteiger partial charge on any atom is -0.487 e. The van der Waals surface area contributed by atoms with Gasteiger partial charge in [-0.1, -0.05) is 63.6 Å². The fourth-order valence-corrected chi connectivity index (χ4v) is 2.54. The minimum absolute atomic E-state index is 0.257. The summed E-state index contributed by atoms with van der Waals surface area (Å²) >= 11 is 0. The zero-order valence-electron chi connectivity index (χ0n) is 18.4. The van der Waals surface area contributed by atoms with Crippen molar-refractivity contribution in [1.29, 1.82) is 0 Å². The van der Waals surface area contributed by atoms with Crippen LogP contribution in [0.1, 0.15) is 51.2 Å². The van der Waals surface area contributed by atoms with E-state index < -0.39 is 0 Å². The summed E-state index contributed by atoms with van der Waals surface area (Å²) in [6, 6.07) is 15.5. The number of urea groups is 1. The maximum absolute atomic E-state index is 11.5. The second-order valence-corrected chi connectivity index (χ2v) is 6.77. The van der Waals surface area contributed by atoms with Crippen LogP contribution in [0.3, 0.4) is 0 Å². The molecule has 5 heteroatoms. The lowest BCUT2D eigenvalue weighted by atomic mass is 10.1. The van der Waals surface area contributed by atoms with E-state index in [4.69, 9.17) is 4.74 Å². The zero-order chi connectivity index (χ0) is 21.3. The SMILES string of the molecule is CCCCNCCC.CCc1ccc(OCc2ccccc2)c(NC(=O)NC)c1. The number of unbranched alkanes of at least 4 members (excludes halogenated alkanes) is 1. The number of rotatable bonds is 10. The number of nitrogens with one attached hydrogen (secondary N) is 3. The van der Waals surface area contributed by atoms with Gasteiger partial charge >= 0.3 is 6.03 Å². The Balaban J connectivity index is 0.000000447. The highest BCUT2D eigenvalue weighted by Crippen LogP contribution is 2.27. The van der Waals surface area contributed by atoms with Crippen LogP contribution in [0.5, 0.6) is 5.75 Å². The molecule has 160 valence electrons. The third kappa shape index (κ3) is 10.5. The molecule has 5 nitrogen and oxygen atoms in total. The fourth-order valence-electron chi connectivity index (χ4n) is 2.54. The van der Waals surface area contributed by atoms with Crippen LogP contribution in [0, 0.1) is 0 Å². The molecule has 0 saturated heterocycles. The average Bonchev–Trinajstić information content (AvgIpc) is 2.77. The lowest BCUT2D eigenvalue weighted by Gasteiger charge is -2.14. The number of carbonyl (C=O) groups is 1. The van der Waals surface area contributed by atoms with E-state index in [1.807, 2.05) is 48.5 Å². The van der Waals surface area contributed by atoms with E-state index in [-0.39, 0.29) is 6.03 Å². The number of hydrogen-bond donors (Lipinski definition) is 3. The molecule has 0 bridgehead atoms. The van der Waals surface area contributed by atoms with Crippen LogP contribution >= 0.6 is 0 Å². The molecule has 2 rings (SSSR count). The Morgan fingerprint density at radius 2 is 1.69 bits per heavy atom. The molecule has 0 fully saturated rings. The highest BCUT2D eigenvalue weighted by Gasteiger charge is 2.08. The van der Waals surface area contributed by atoms with Crippen molar-refractivity contribution in [3.05, 3.63) is 59.7 Å². The molecule has 0 radical (unpaired) electrons. The van der Waals surface area contributed by atoms with E-state index in [0.29, 0.717) is 18.0 Å². The topological polar surface area (TPSA) is 62.4 Å². The molecule has 0 atom stereocenters. The van der Waals surface area contributed by atoms with E-state index >= 15 is 0 Å². The summed E-state index contributed by atoms with van der Waals surface area (Å²) in [5.41, 5.74) is 2.92. The predicted molar refractivity (Wildman–Crippen MR) is 123 cm³/mol. The molecule has 3 N–H and O–H groups in total. The van der Waals surface area contributed by atoms with Gasteiger partial charge in [0.05, 0.1) is 5.69 Å². The number of ether oxygens (including phenoxy) is 1. The van der Waals surface area contributed by atoms with Crippen molar-refractivity contribution >= 4 is 11.7 Å². The Morgan fingerprint density at radius 1 is 0.931 bits per heavy atom. The number of benzene rings is 2. The van der Waals surface area contributed by atoms with Gasteiger partial charge in [-0.25, -0.2) is 4.79 Å². The van der Waals surface area contributed by atoms with Crippen molar-refractivity contribution in [1.82, 2.24) is 10.6 Å². The van der Waals surface area contributed by atoms with Gasteiger partial charge in [-0.3, -0.25) is 0 Å². The first-order valence-corrected chi connectivity index (χ1v) is 10.6. The lowest BCUT2D eigenvalue weighted by molar-refractivity contribution is 0.253. The zero-order valence-corrected chi connectivity index (χ0v) is 18.4. The quantitative estimate of drug-likeness (QED) is 0.471. The summed E-state index contributed by atoms with van der Waals surface area (Å²) < 4.78 is 5.83. The number of hydrogen-bond acceptors (Lipinski definition) is 3. The van der Waals surface area contributed by atoms with Gasteiger partial charge in [0.1, 0.15) is 12.4 Å². The standard InChI is InChI=1S/C17H20N2O2.C7H17N/c1-3-13-9-10-16(15(11-13)19-17(20)18-2)21-12-14-7-5-4-6-8-14;1-3-5-7-8-6-4-2/h4-11H,3,12H2,1-2H3,(H2,18,19,20);8H,3-7H2,1-2H3. The van der Waals surface area contributed by atoms with Crippen LogP contribution in [-0.4, -0.2) is 26.2 Å². The maximum atomic E-state index is 11.5. The lowest BCUT2D eigenvalue weighted by Crippen LogP contribution is -2.24. The molecule has 0 aromatic heterocycles. The van der Waals surface area contributed by atoms with Gasteiger partial charge in [-0.2, -0.15) is 0 Å². The molecular weight excluding hydrogens is 362 g/mol. The monoisotopic (exact) mass is 399 g/mol. The first-order chi connectivity index (χ1) is 14.1. The Bertz CT molecular complexity index is 684. The average molecular weight is 400 g/mol. The van der Waals surface area contributed by atoms with E-state index in [1.54, 1.807) is 7.05 Å². The molecule has 0 unspecified atom stereocenters. The summed E-state index contributed by atoms with van der Waals surface area (Å²) in [7, 11) is 1.59. The van der Waals surface area contributed by atoms with E-state index in [1.165, 1.54) is 32.4 Å². The van der Waals surface area contributed by atoms with Crippen LogP contribution < -0.4 is 20.7 Å². The molecule has 0 heterocycles. The van der Waals surface area contributed by atoms with Crippen molar-refractivity contribution < 1.29 is 9.53 Å². The van der Waals surface area contributed by atoms with Gasteiger partial charge in [-0.15, -0.1) is 0 Å². The summed E-state index contributed by atoms with van der Waals surface area (Å²) in [6.07, 6.45) is 4.78. The van der Waals surface area contributed by atoms with E-state index in [9.17, 15) is 4.79 Å². The molecular formula is C24H37N3O2. The summed E-state index contributed by atoms with van der Waals surface area (Å²) in [6.45, 7) is 9.33. The largest absolute Gasteiger partial charge is 0.487 e. The number of anilines is 1. The summed E-state index contributed by atoms with van der Waals surface area (Å²) in [4.78, 5) is 11.5. The molecule has 2 aromatic carbocycles. The molecule has 0 aliphatic rings. The number of aryl methyl sites for hydroxylation is 1. The molecule has 2 aromatic rings. The summed E-state index contributed by atoms with van der Waals surface area (Å²) in [5.74, 6) is 0.666. The fraction of sp³-hybridized carbons (Fsp3) is 0.458. The van der Waals surface area contributed by atoms with Crippen LogP contribution in [0.25, 0.3) is 0 Å². The molecule has 0 saturated carbocycles. The molecule has 29 heavy (non-hydrogen) atoms. The Labute approximate surface area is 176 Å². The highest BCUT2D eigenvalue weighted by atomic mass is 16.5. The molecule has 0 aliphatic heterocycles. The summed E-state index contributed by atoms with van der Waals surface area (Å²) in [5, 5.41) is 8.68. The molecule has 2 amide bonds. The van der Waals surface area contributed by atoms with Gasteiger partial charge in [0.25, 0.3) is 0 Å². The first-order valence-electron chi connectivity index (χ1n) is 10.6. The van der Waals surface area contributed by atoms with Crippen LogP contribution in [0.4, 0.5) is 10.5 Å². The van der Waals surface area contributed by atoms with Gasteiger partial charge in [0, 0.05) is 7.05 Å². The van der Waals surface area contributed by atoms with Crippen molar-refractivity contribution in [2.24, 2.45) is 0 Å². The second-order valence-electron chi connectivity index (χ2n) is 6.77. The van der Waals surface area contributed by atoms with E-state index in [2.05, 4.69) is 36.7 Å². The van der Waals surface area contributed by atoms with Gasteiger partial charge in [0.2, 0.25) is 0 Å². The normalized spacial score (nSPS) is 9.93. The van der Waals surface area contributed by atoms with E-state index in [0.717, 1.165) is 17.5 Å². The van der Waals surface area contributed by atoms with Crippen molar-refractivity contribution in [2.75, 3.05) is 25.5 Å². The second kappa shape index (κ2) is 15.4. The highest BCUT2D eigenvalue weighted by molar-refractivity contribution is 5.90. The smallest absolute Gasteiger partial charge is 0.319 e. The Morgan fingerprint density at radius 3 is 2.31 bits per heavy atom. The minimum atomic E-state index is -0.257. The van der Waals surface area contributed by atoms with Crippen LogP contribution in [0.2, 0.25) is 0 Å². The predicted octanol–water partition coefficient (Wildman–Crippen LogP) is 5.37. The van der Waals surface area contributed by atoms with Crippen LogP contribution in [-0.2, 0) is 13.0 Å². The molecule has 0 aliphatic carbocycles. The number of amides is 2. The molecule has 0 spiro atoms. The van der Waals surface area contributed by atoms with Crippen molar-refractivity contribution in [3.63, 3.8) is 0 Å². The Kier molecular flexibility index (Phi) is 13.0. The number of carbonyl (C=O) groups excluding carboxylic acids is 1. The third-order valence-corrected chi connectivity index (χ3v) is 4.30. The van der Waals surface area contributed by atoms with Gasteiger partial charge in [0.15, 0.2) is 0 Å². The third-order valence-electron chi connectivity index (χ3n) is 4.30. The maximum Gasteiger partial charge on any atom is 0.319 e. The van der Waals surface area contributed by atoms with Crippen LogP contribution in [0.15, 0.2) is 48.5 Å². The van der Waals surface area contributed by atoms with Crippen molar-refractivity contribution in [3.8, 4) is 5.75 Å². The van der Waals surface area contributed by atoms with Gasteiger partial charge in [-0.05, 0) is 55.6 Å². The van der Waals surface area contributed by atoms with Crippen molar-refractivity contribution in [2.45, 2.75) is 53.1 Å². The Hall–Kier alpha value is -2.53. The first kappa shape index (κ1) is 24.5.